The molecular formula is C19H16N2. The van der Waals surface area contributed by atoms with Crippen LogP contribution in [0, 0.1) is 11.3 Å². The second-order valence-electron chi connectivity index (χ2n) is 5.79. The molecule has 0 fully saturated rings. The second kappa shape index (κ2) is 4.79. The van der Waals surface area contributed by atoms with Gasteiger partial charge in [0.25, 0.3) is 0 Å². The molecule has 1 aromatic heterocycles. The zero-order valence-corrected chi connectivity index (χ0v) is 11.8. The predicted octanol–water partition coefficient (Wildman–Crippen LogP) is 4.05. The standard InChI is InChI=1S/C19H16N2/c20-12-14-4-7-17-8-9-21(19(17)11-14)13-15-5-6-16-2-1-3-18(16)10-15/h4-11H,1-3,13H2. The normalized spacial score (nSPS) is 13.3. The maximum atomic E-state index is 9.06. The number of hydrogen-bond acceptors (Lipinski definition) is 1. The van der Waals surface area contributed by atoms with Gasteiger partial charge in [-0.05, 0) is 59.5 Å². The lowest BCUT2D eigenvalue weighted by molar-refractivity contribution is 0.834. The lowest BCUT2D eigenvalue weighted by Crippen LogP contribution is -1.99. The minimum atomic E-state index is 0.719. The van der Waals surface area contributed by atoms with Gasteiger partial charge in [-0.25, -0.2) is 0 Å². The molecule has 0 saturated carbocycles. The Bertz CT molecular complexity index is 865. The van der Waals surface area contributed by atoms with E-state index in [2.05, 4.69) is 41.1 Å². The fourth-order valence-electron chi connectivity index (χ4n) is 3.31. The largest absolute Gasteiger partial charge is 0.343 e. The van der Waals surface area contributed by atoms with Crippen LogP contribution in [0.15, 0.2) is 48.7 Å². The van der Waals surface area contributed by atoms with E-state index in [4.69, 9.17) is 5.26 Å². The van der Waals surface area contributed by atoms with Crippen LogP contribution < -0.4 is 0 Å². The molecule has 0 N–H and O–H groups in total. The van der Waals surface area contributed by atoms with Crippen LogP contribution in [-0.4, -0.2) is 4.57 Å². The molecule has 2 nitrogen and oxygen atoms in total. The Balaban J connectivity index is 1.72. The molecule has 0 bridgehead atoms. The summed E-state index contributed by atoms with van der Waals surface area (Å²) >= 11 is 0. The van der Waals surface area contributed by atoms with Crippen LogP contribution in [0.4, 0.5) is 0 Å². The van der Waals surface area contributed by atoms with E-state index in [0.717, 1.165) is 17.6 Å². The number of benzene rings is 2. The van der Waals surface area contributed by atoms with Gasteiger partial charge in [-0.2, -0.15) is 5.26 Å². The highest BCUT2D eigenvalue weighted by Crippen LogP contribution is 2.24. The summed E-state index contributed by atoms with van der Waals surface area (Å²) in [6.45, 7) is 0.867. The molecule has 21 heavy (non-hydrogen) atoms. The van der Waals surface area contributed by atoms with Crippen molar-refractivity contribution in [3.63, 3.8) is 0 Å². The van der Waals surface area contributed by atoms with Gasteiger partial charge in [0.1, 0.15) is 0 Å². The lowest BCUT2D eigenvalue weighted by Gasteiger charge is -2.08. The van der Waals surface area contributed by atoms with Gasteiger partial charge in [-0.15, -0.1) is 0 Å². The zero-order chi connectivity index (χ0) is 14.2. The maximum Gasteiger partial charge on any atom is 0.0992 e. The molecule has 4 rings (SSSR count). The summed E-state index contributed by atoms with van der Waals surface area (Å²) in [7, 11) is 0. The molecule has 2 aromatic carbocycles. The first-order valence-electron chi connectivity index (χ1n) is 7.43. The first-order valence-corrected chi connectivity index (χ1v) is 7.43. The first kappa shape index (κ1) is 12.2. The Morgan fingerprint density at radius 3 is 2.81 bits per heavy atom. The van der Waals surface area contributed by atoms with Crippen LogP contribution in [0.25, 0.3) is 10.9 Å². The topological polar surface area (TPSA) is 28.7 Å². The van der Waals surface area contributed by atoms with E-state index >= 15 is 0 Å². The van der Waals surface area contributed by atoms with Gasteiger partial charge in [0.2, 0.25) is 0 Å². The SMILES string of the molecule is N#Cc1ccc2ccn(Cc3ccc4c(c3)CCC4)c2c1. The molecule has 1 heterocycles. The van der Waals surface area contributed by atoms with Gasteiger partial charge in [0.15, 0.2) is 0 Å². The average Bonchev–Trinajstić information content (AvgIpc) is 3.13. The van der Waals surface area contributed by atoms with Gasteiger partial charge in [-0.3, -0.25) is 0 Å². The van der Waals surface area contributed by atoms with E-state index in [9.17, 15) is 0 Å². The number of aromatic nitrogens is 1. The Hall–Kier alpha value is -2.53. The minimum Gasteiger partial charge on any atom is -0.343 e. The predicted molar refractivity (Wildman–Crippen MR) is 84.2 cm³/mol. The summed E-state index contributed by atoms with van der Waals surface area (Å²) in [5.41, 5.74) is 6.23. The lowest BCUT2D eigenvalue weighted by atomic mass is 10.1. The highest BCUT2D eigenvalue weighted by atomic mass is 14.9. The fraction of sp³-hybridized carbons (Fsp3) is 0.211. The van der Waals surface area contributed by atoms with Crippen molar-refractivity contribution >= 4 is 10.9 Å². The maximum absolute atomic E-state index is 9.06. The van der Waals surface area contributed by atoms with Crippen molar-refractivity contribution < 1.29 is 0 Å². The summed E-state index contributed by atoms with van der Waals surface area (Å²) in [5.74, 6) is 0. The van der Waals surface area contributed by atoms with Crippen molar-refractivity contribution in [2.75, 3.05) is 0 Å². The second-order valence-corrected chi connectivity index (χ2v) is 5.79. The summed E-state index contributed by atoms with van der Waals surface area (Å²) in [4.78, 5) is 0. The number of nitrogens with zero attached hydrogens (tertiary/aromatic N) is 2. The minimum absolute atomic E-state index is 0.719. The number of fused-ring (bicyclic) bond motifs is 2. The van der Waals surface area contributed by atoms with Crippen molar-refractivity contribution in [2.24, 2.45) is 0 Å². The quantitative estimate of drug-likeness (QED) is 0.692. The van der Waals surface area contributed by atoms with E-state index < -0.39 is 0 Å². The highest BCUT2D eigenvalue weighted by molar-refractivity contribution is 5.81. The van der Waals surface area contributed by atoms with E-state index in [0.29, 0.717) is 0 Å². The molecule has 0 unspecified atom stereocenters. The third-order valence-electron chi connectivity index (χ3n) is 4.42. The van der Waals surface area contributed by atoms with Gasteiger partial charge in [0.05, 0.1) is 11.6 Å². The molecule has 1 aliphatic rings. The third kappa shape index (κ3) is 2.11. The van der Waals surface area contributed by atoms with Crippen LogP contribution in [-0.2, 0) is 19.4 Å². The van der Waals surface area contributed by atoms with Crippen LogP contribution in [0.1, 0.15) is 28.7 Å². The number of nitriles is 1. The van der Waals surface area contributed by atoms with E-state index in [1.165, 1.54) is 41.3 Å². The number of rotatable bonds is 2. The summed E-state index contributed by atoms with van der Waals surface area (Å²) in [5, 5.41) is 10.3. The van der Waals surface area contributed by atoms with E-state index in [1.807, 2.05) is 18.2 Å². The van der Waals surface area contributed by atoms with Crippen molar-refractivity contribution in [3.8, 4) is 6.07 Å². The van der Waals surface area contributed by atoms with Crippen molar-refractivity contribution in [2.45, 2.75) is 25.8 Å². The zero-order valence-electron chi connectivity index (χ0n) is 11.8. The number of aryl methyl sites for hydroxylation is 2. The van der Waals surface area contributed by atoms with E-state index in [-0.39, 0.29) is 0 Å². The molecule has 0 atom stereocenters. The fourth-order valence-corrected chi connectivity index (χ4v) is 3.31. The van der Waals surface area contributed by atoms with Gasteiger partial charge in [0, 0.05) is 18.3 Å². The van der Waals surface area contributed by atoms with Gasteiger partial charge >= 0.3 is 0 Å². The van der Waals surface area contributed by atoms with Crippen LogP contribution in [0.3, 0.4) is 0 Å². The monoisotopic (exact) mass is 272 g/mol. The molecule has 2 heteroatoms. The molecule has 0 saturated heterocycles. The molecular weight excluding hydrogens is 256 g/mol. The van der Waals surface area contributed by atoms with Crippen LogP contribution in [0.2, 0.25) is 0 Å². The first-order chi connectivity index (χ1) is 10.3. The molecule has 0 amide bonds. The summed E-state index contributed by atoms with van der Waals surface area (Å²) in [6.07, 6.45) is 5.84. The summed E-state index contributed by atoms with van der Waals surface area (Å²) in [6, 6.07) is 17.1. The van der Waals surface area contributed by atoms with Crippen LogP contribution >= 0.6 is 0 Å². The highest BCUT2D eigenvalue weighted by Gasteiger charge is 2.11. The summed E-state index contributed by atoms with van der Waals surface area (Å²) < 4.78 is 2.23. The smallest absolute Gasteiger partial charge is 0.0992 e. The third-order valence-corrected chi connectivity index (χ3v) is 4.42. The molecule has 1 aliphatic carbocycles. The molecule has 0 aliphatic heterocycles. The van der Waals surface area contributed by atoms with Crippen molar-refractivity contribution in [1.29, 1.82) is 5.26 Å². The molecule has 102 valence electrons. The van der Waals surface area contributed by atoms with Gasteiger partial charge < -0.3 is 4.57 Å². The van der Waals surface area contributed by atoms with Crippen LogP contribution in [0.5, 0.6) is 0 Å². The Kier molecular flexibility index (Phi) is 2.79. The average molecular weight is 272 g/mol. The Labute approximate surface area is 124 Å². The Morgan fingerprint density at radius 2 is 1.90 bits per heavy atom. The van der Waals surface area contributed by atoms with Gasteiger partial charge in [-0.1, -0.05) is 24.3 Å². The van der Waals surface area contributed by atoms with Crippen molar-refractivity contribution in [3.05, 3.63) is 70.9 Å². The molecule has 0 radical (unpaired) electrons. The molecule has 0 spiro atoms. The Morgan fingerprint density at radius 1 is 1.00 bits per heavy atom. The van der Waals surface area contributed by atoms with E-state index in [1.54, 1.807) is 0 Å². The number of hydrogen-bond donors (Lipinski definition) is 0. The van der Waals surface area contributed by atoms with Crippen molar-refractivity contribution in [1.82, 2.24) is 4.57 Å². The molecule has 3 aromatic rings.